The Labute approximate surface area is 576 Å². The summed E-state index contributed by atoms with van der Waals surface area (Å²) in [5, 5.41) is 0. The van der Waals surface area contributed by atoms with Crippen molar-refractivity contribution in [3.05, 3.63) is 0 Å². The molecule has 8 atom stereocenters. The second kappa shape index (κ2) is 74.8. The first-order chi connectivity index (χ1) is 43.8. The Morgan fingerprint density at radius 1 is 0.200 bits per heavy atom. The van der Waals surface area contributed by atoms with Crippen LogP contribution in [0.1, 0.15) is 521 Å². The fourth-order valence-electron chi connectivity index (χ4n) is 15.3. The number of unbranched alkanes of at least 4 members (excludes halogenated alkanes) is 38. The normalized spacial score (nSPS) is 16.4. The molecule has 0 N–H and O–H groups in total. The average molecular weight is 1270 g/mol. The van der Waals surface area contributed by atoms with Gasteiger partial charge in [-0.15, -0.1) is 0 Å². The maximum absolute atomic E-state index is 2.48. The van der Waals surface area contributed by atoms with E-state index < -0.39 is 0 Å². The van der Waals surface area contributed by atoms with Crippen molar-refractivity contribution in [3.63, 3.8) is 0 Å². The average Bonchev–Trinajstić information content (AvgIpc) is 3.63. The minimum atomic E-state index is 0.887. The van der Waals surface area contributed by atoms with Crippen LogP contribution in [-0.4, -0.2) is 0 Å². The summed E-state index contributed by atoms with van der Waals surface area (Å²) >= 11 is 0. The van der Waals surface area contributed by atoms with Crippen molar-refractivity contribution in [1.29, 1.82) is 0 Å². The van der Waals surface area contributed by atoms with E-state index in [-0.39, 0.29) is 0 Å². The quantitative estimate of drug-likeness (QED) is 0.0533. The highest BCUT2D eigenvalue weighted by Crippen LogP contribution is 2.36. The molecule has 0 aromatic carbocycles. The lowest BCUT2D eigenvalue weighted by Gasteiger charge is -2.29. The van der Waals surface area contributed by atoms with Gasteiger partial charge in [0.2, 0.25) is 0 Å². The van der Waals surface area contributed by atoms with E-state index in [4.69, 9.17) is 0 Å². The van der Waals surface area contributed by atoms with E-state index in [1.165, 1.54) is 392 Å². The van der Waals surface area contributed by atoms with Crippen molar-refractivity contribution in [2.24, 2.45) is 59.2 Å². The summed E-state index contributed by atoms with van der Waals surface area (Å²) in [6.07, 6.45) is 97.3. The van der Waals surface area contributed by atoms with Gasteiger partial charge >= 0.3 is 0 Å². The van der Waals surface area contributed by atoms with Gasteiger partial charge in [-0.05, 0) is 65.6 Å². The van der Waals surface area contributed by atoms with Gasteiger partial charge < -0.3 is 0 Å². The van der Waals surface area contributed by atoms with Gasteiger partial charge in [0.25, 0.3) is 0 Å². The molecule has 1 aliphatic carbocycles. The monoisotopic (exact) mass is 1270 g/mol. The van der Waals surface area contributed by atoms with E-state index in [0.717, 1.165) is 59.2 Å². The van der Waals surface area contributed by atoms with Gasteiger partial charge in [-0.2, -0.15) is 0 Å². The molecule has 90 heavy (non-hydrogen) atoms. The van der Waals surface area contributed by atoms with Gasteiger partial charge in [0, 0.05) is 0 Å². The zero-order valence-electron chi connectivity index (χ0n) is 66.4. The van der Waals surface area contributed by atoms with Crippen LogP contribution in [0.25, 0.3) is 0 Å². The summed E-state index contributed by atoms with van der Waals surface area (Å²) < 4.78 is 0. The molecule has 0 amide bonds. The largest absolute Gasteiger partial charge is 0.0654 e. The Bertz CT molecular complexity index is 1200. The minimum Gasteiger partial charge on any atom is -0.0654 e. The zero-order chi connectivity index (χ0) is 66.4. The summed E-state index contributed by atoms with van der Waals surface area (Å²) in [4.78, 5) is 0. The van der Waals surface area contributed by atoms with E-state index in [0.29, 0.717) is 0 Å². The van der Waals surface area contributed by atoms with Gasteiger partial charge in [0.1, 0.15) is 0 Å². The van der Waals surface area contributed by atoms with Crippen molar-refractivity contribution < 1.29 is 0 Å². The molecule has 1 saturated carbocycles. The predicted octanol–water partition coefficient (Wildman–Crippen LogP) is 34.2. The van der Waals surface area contributed by atoms with E-state index in [1.54, 1.807) is 32.1 Å². The molecule has 0 radical (unpaired) electrons. The topological polar surface area (TPSA) is 0 Å². The highest BCUT2D eigenvalue weighted by Gasteiger charge is 2.21. The fourth-order valence-corrected chi connectivity index (χ4v) is 15.3. The van der Waals surface area contributed by atoms with Gasteiger partial charge in [-0.25, -0.2) is 0 Å². The number of rotatable bonds is 68. The number of hydrogen-bond donors (Lipinski definition) is 0. The third-order valence-electron chi connectivity index (χ3n) is 22.7. The molecule has 0 heteroatoms. The lowest BCUT2D eigenvalue weighted by atomic mass is 9.77. The fraction of sp³-hybridized carbons (Fsp3) is 1.00. The first kappa shape index (κ1) is 92.1. The molecule has 0 saturated heterocycles. The predicted molar refractivity (Wildman–Crippen MR) is 419 cm³/mol. The van der Waals surface area contributed by atoms with Crippen molar-refractivity contribution in [1.82, 2.24) is 0 Å². The standard InChI is InChI=1S/C30H60.2C30H62/c1-3-5-7-9-11-13-14-16-18-20-22-25-30-27-23-26-29(28-30)24-21-19-17-15-12-10-8-6-4-2;1-27(2)21-17-19-25-29(5)23-15-13-11-9-7-8-10-12-14-16-24-30(6)26-20-18-22-28(3)4;1-7-27(3)21-17-19-25-29(5)23-15-13-11-9-10-12-14-16-24-30(6)26-20-18-22-28(4)8-2/h29-30H,3-28H2,1-2H3;2*27-30H,7-26H2,1-6H3. The molecule has 0 aliphatic heterocycles. The number of hydrogen-bond acceptors (Lipinski definition) is 0. The van der Waals surface area contributed by atoms with Crippen LogP contribution in [0.5, 0.6) is 0 Å². The van der Waals surface area contributed by atoms with Crippen LogP contribution in [0.3, 0.4) is 0 Å². The van der Waals surface area contributed by atoms with Gasteiger partial charge in [-0.3, -0.25) is 0 Å². The third-order valence-corrected chi connectivity index (χ3v) is 22.7. The molecule has 8 unspecified atom stereocenters. The maximum atomic E-state index is 2.48. The summed E-state index contributed by atoms with van der Waals surface area (Å²) in [5.41, 5.74) is 0. The zero-order valence-corrected chi connectivity index (χ0v) is 66.4. The summed E-state index contributed by atoms with van der Waals surface area (Å²) in [7, 11) is 0. The van der Waals surface area contributed by atoms with Crippen molar-refractivity contribution in [2.45, 2.75) is 521 Å². The maximum Gasteiger partial charge on any atom is -0.0412 e. The molecular formula is C90H184. The molecule has 1 aliphatic rings. The van der Waals surface area contributed by atoms with Gasteiger partial charge in [-0.1, -0.05) is 514 Å². The lowest BCUT2D eigenvalue weighted by molar-refractivity contribution is 0.235. The minimum absolute atomic E-state index is 0.887. The molecule has 544 valence electrons. The second-order valence-electron chi connectivity index (χ2n) is 33.7. The van der Waals surface area contributed by atoms with E-state index in [9.17, 15) is 0 Å². The SMILES string of the molecule is CC(C)CCCCC(C)CCCCCCCCCCCCC(C)CCCCC(C)C.CCC(C)CCCCC(C)CCCCCCCCCCC(C)CCCCC(C)CC.CCCCCCCCCCCCCC1CCCC(CCCCCCCCCCC)C1. The van der Waals surface area contributed by atoms with Crippen LogP contribution in [0, 0.1) is 59.2 Å². The Balaban J connectivity index is 0. The van der Waals surface area contributed by atoms with Crippen LogP contribution in [0.15, 0.2) is 0 Å². The van der Waals surface area contributed by atoms with Crippen molar-refractivity contribution in [3.8, 4) is 0 Å². The molecule has 0 aromatic rings. The van der Waals surface area contributed by atoms with E-state index in [2.05, 4.69) is 96.9 Å². The molecule has 0 nitrogen and oxygen atoms in total. The first-order valence-electron chi connectivity index (χ1n) is 43.8. The second-order valence-corrected chi connectivity index (χ2v) is 33.7. The summed E-state index contributed by atoms with van der Waals surface area (Å²) in [6, 6.07) is 0. The summed E-state index contributed by atoms with van der Waals surface area (Å²) in [5.74, 6) is 9.65. The summed E-state index contributed by atoms with van der Waals surface area (Å²) in [6.45, 7) is 33.4. The van der Waals surface area contributed by atoms with Crippen LogP contribution < -0.4 is 0 Å². The Kier molecular flexibility index (Phi) is 76.5. The molecule has 0 aromatic heterocycles. The molecule has 1 rings (SSSR count). The molecule has 1 fully saturated rings. The highest BCUT2D eigenvalue weighted by molar-refractivity contribution is 4.74. The highest BCUT2D eigenvalue weighted by atomic mass is 14.3. The van der Waals surface area contributed by atoms with Gasteiger partial charge in [0.05, 0.1) is 0 Å². The lowest BCUT2D eigenvalue weighted by Crippen LogP contribution is -2.15. The van der Waals surface area contributed by atoms with E-state index in [1.807, 2.05) is 0 Å². The smallest absolute Gasteiger partial charge is 0.0412 e. The van der Waals surface area contributed by atoms with Crippen molar-refractivity contribution in [2.75, 3.05) is 0 Å². The Hall–Kier alpha value is 0. The molecule has 0 heterocycles. The Morgan fingerprint density at radius 2 is 0.378 bits per heavy atom. The van der Waals surface area contributed by atoms with Crippen LogP contribution >= 0.6 is 0 Å². The Morgan fingerprint density at radius 3 is 0.589 bits per heavy atom. The molecule has 0 spiro atoms. The molecule has 0 bridgehead atoms. The van der Waals surface area contributed by atoms with Crippen LogP contribution in [-0.2, 0) is 0 Å². The van der Waals surface area contributed by atoms with Crippen molar-refractivity contribution >= 4 is 0 Å². The molecular weight excluding hydrogens is 1080 g/mol. The third kappa shape index (κ3) is 75.4. The van der Waals surface area contributed by atoms with Crippen LogP contribution in [0.2, 0.25) is 0 Å². The van der Waals surface area contributed by atoms with Gasteiger partial charge in [0.15, 0.2) is 0 Å². The van der Waals surface area contributed by atoms with Crippen LogP contribution in [0.4, 0.5) is 0 Å². The first-order valence-corrected chi connectivity index (χ1v) is 43.8. The van der Waals surface area contributed by atoms with E-state index >= 15 is 0 Å².